The van der Waals surface area contributed by atoms with Gasteiger partial charge in [0.1, 0.15) is 0 Å². The number of nitrogens with one attached hydrogen (secondary N) is 1. The molecule has 7 heteroatoms. The lowest BCUT2D eigenvalue weighted by Crippen LogP contribution is -2.31. The van der Waals surface area contributed by atoms with Gasteiger partial charge in [-0.05, 0) is 23.6 Å². The van der Waals surface area contributed by atoms with E-state index in [4.69, 9.17) is 4.74 Å². The van der Waals surface area contributed by atoms with Gasteiger partial charge in [0.25, 0.3) is 0 Å². The van der Waals surface area contributed by atoms with E-state index in [-0.39, 0.29) is 12.0 Å². The van der Waals surface area contributed by atoms with Crippen molar-refractivity contribution in [2.75, 3.05) is 31.6 Å². The molecule has 2 fully saturated rings. The number of nitrogens with zero attached hydrogens (tertiary/aromatic N) is 3. The quantitative estimate of drug-likeness (QED) is 0.832. The number of hydrogen-bond donors (Lipinski definition) is 1. The number of carbonyl (C=O) groups is 1. The summed E-state index contributed by atoms with van der Waals surface area (Å²) >= 11 is 1.63. The third kappa shape index (κ3) is 3.72. The fourth-order valence-electron chi connectivity index (χ4n) is 3.45. The van der Waals surface area contributed by atoms with Crippen LogP contribution in [0, 0.1) is 11.8 Å². The summed E-state index contributed by atoms with van der Waals surface area (Å²) in [6.45, 7) is 2.91. The smallest absolute Gasteiger partial charge is 0.246 e. The Morgan fingerprint density at radius 2 is 2.24 bits per heavy atom. The minimum Gasteiger partial charge on any atom is -0.376 e. The SMILES string of the molecule is O=C(/C=C/c1cccs1)N1C[C@H]2[C@H](CNc3ncccn3)CO[C@H]2C1. The molecule has 3 atom stereocenters. The molecule has 0 bridgehead atoms. The second-order valence-corrected chi connectivity index (χ2v) is 7.32. The Bertz CT molecular complexity index is 735. The number of aromatic nitrogens is 2. The fraction of sp³-hybridized carbons (Fsp3) is 0.389. The Balaban J connectivity index is 1.32. The fourth-order valence-corrected chi connectivity index (χ4v) is 4.06. The van der Waals surface area contributed by atoms with Crippen molar-refractivity contribution >= 4 is 29.3 Å². The van der Waals surface area contributed by atoms with Gasteiger partial charge < -0.3 is 15.0 Å². The average molecular weight is 356 g/mol. The van der Waals surface area contributed by atoms with E-state index in [1.54, 1.807) is 35.9 Å². The molecule has 0 unspecified atom stereocenters. The second kappa shape index (κ2) is 7.33. The Hall–Kier alpha value is -2.25. The predicted octanol–water partition coefficient (Wildman–Crippen LogP) is 2.14. The molecule has 1 N–H and O–H groups in total. The van der Waals surface area contributed by atoms with Gasteiger partial charge in [0, 0.05) is 54.8 Å². The highest BCUT2D eigenvalue weighted by Crippen LogP contribution is 2.33. The third-order valence-electron chi connectivity index (χ3n) is 4.77. The Kier molecular flexibility index (Phi) is 4.76. The van der Waals surface area contributed by atoms with Crippen LogP contribution in [0.2, 0.25) is 0 Å². The summed E-state index contributed by atoms with van der Waals surface area (Å²) in [6, 6.07) is 5.78. The zero-order valence-corrected chi connectivity index (χ0v) is 14.6. The van der Waals surface area contributed by atoms with Gasteiger partial charge in [0.15, 0.2) is 0 Å². The molecule has 2 aliphatic heterocycles. The highest BCUT2D eigenvalue weighted by molar-refractivity contribution is 7.10. The molecule has 2 aromatic rings. The summed E-state index contributed by atoms with van der Waals surface area (Å²) in [4.78, 5) is 23.8. The van der Waals surface area contributed by atoms with E-state index >= 15 is 0 Å². The lowest BCUT2D eigenvalue weighted by molar-refractivity contribution is -0.125. The molecule has 25 heavy (non-hydrogen) atoms. The topological polar surface area (TPSA) is 67.4 Å². The Morgan fingerprint density at radius 3 is 3.04 bits per heavy atom. The van der Waals surface area contributed by atoms with E-state index in [0.717, 1.165) is 24.6 Å². The standard InChI is InChI=1S/C18H20N4O2S/c23-17(5-4-14-3-1-8-25-14)22-10-15-13(12-24-16(15)11-22)9-21-18-19-6-2-7-20-18/h1-8,13,15-16H,9-12H2,(H,19,20,21)/b5-4+/t13-,15+,16+/m1/s1. The van der Waals surface area contributed by atoms with Crippen LogP contribution < -0.4 is 5.32 Å². The van der Waals surface area contributed by atoms with E-state index in [1.807, 2.05) is 28.5 Å². The van der Waals surface area contributed by atoms with Crippen LogP contribution >= 0.6 is 11.3 Å². The van der Waals surface area contributed by atoms with Gasteiger partial charge in [0.2, 0.25) is 11.9 Å². The first kappa shape index (κ1) is 16.2. The van der Waals surface area contributed by atoms with E-state index in [1.165, 1.54) is 0 Å². The number of thiophene rings is 1. The van der Waals surface area contributed by atoms with Crippen molar-refractivity contribution < 1.29 is 9.53 Å². The van der Waals surface area contributed by atoms with Crippen LogP contribution in [0.15, 0.2) is 42.0 Å². The van der Waals surface area contributed by atoms with Crippen molar-refractivity contribution in [2.24, 2.45) is 11.8 Å². The molecule has 0 aromatic carbocycles. The maximum absolute atomic E-state index is 12.4. The van der Waals surface area contributed by atoms with Gasteiger partial charge >= 0.3 is 0 Å². The van der Waals surface area contributed by atoms with Crippen LogP contribution in [-0.4, -0.2) is 53.1 Å². The summed E-state index contributed by atoms with van der Waals surface area (Å²) in [6.07, 6.45) is 7.13. The summed E-state index contributed by atoms with van der Waals surface area (Å²) in [5.41, 5.74) is 0. The highest BCUT2D eigenvalue weighted by Gasteiger charge is 2.44. The molecular weight excluding hydrogens is 336 g/mol. The number of ether oxygens (including phenoxy) is 1. The molecule has 0 spiro atoms. The first-order valence-electron chi connectivity index (χ1n) is 8.42. The van der Waals surface area contributed by atoms with Crippen molar-refractivity contribution in [3.05, 3.63) is 46.9 Å². The van der Waals surface area contributed by atoms with E-state index < -0.39 is 0 Å². The highest BCUT2D eigenvalue weighted by atomic mass is 32.1. The average Bonchev–Trinajstić information content (AvgIpc) is 3.36. The van der Waals surface area contributed by atoms with Crippen molar-refractivity contribution in [1.82, 2.24) is 14.9 Å². The zero-order valence-electron chi connectivity index (χ0n) is 13.7. The van der Waals surface area contributed by atoms with Crippen molar-refractivity contribution in [3.8, 4) is 0 Å². The minimum absolute atomic E-state index is 0.0597. The van der Waals surface area contributed by atoms with E-state index in [2.05, 4.69) is 15.3 Å². The lowest BCUT2D eigenvalue weighted by Gasteiger charge is -2.19. The third-order valence-corrected chi connectivity index (χ3v) is 5.61. The number of fused-ring (bicyclic) bond motifs is 1. The van der Waals surface area contributed by atoms with Crippen LogP contribution in [0.5, 0.6) is 0 Å². The normalized spacial score (nSPS) is 25.4. The first-order chi connectivity index (χ1) is 12.3. The maximum atomic E-state index is 12.4. The zero-order chi connectivity index (χ0) is 17.1. The lowest BCUT2D eigenvalue weighted by atomic mass is 9.93. The number of anilines is 1. The van der Waals surface area contributed by atoms with Crippen LogP contribution in [0.1, 0.15) is 4.88 Å². The molecule has 2 aromatic heterocycles. The van der Waals surface area contributed by atoms with Gasteiger partial charge in [-0.1, -0.05) is 6.07 Å². The van der Waals surface area contributed by atoms with Crippen molar-refractivity contribution in [1.29, 1.82) is 0 Å². The summed E-state index contributed by atoms with van der Waals surface area (Å²) < 4.78 is 5.91. The van der Waals surface area contributed by atoms with Crippen LogP contribution in [-0.2, 0) is 9.53 Å². The molecule has 4 rings (SSSR count). The van der Waals surface area contributed by atoms with Gasteiger partial charge in [-0.2, -0.15) is 0 Å². The molecular formula is C18H20N4O2S. The summed E-state index contributed by atoms with van der Waals surface area (Å²) in [5.74, 6) is 1.43. The number of hydrogen-bond acceptors (Lipinski definition) is 6. The van der Waals surface area contributed by atoms with Crippen LogP contribution in [0.3, 0.4) is 0 Å². The number of rotatable bonds is 5. The molecule has 0 radical (unpaired) electrons. The molecule has 130 valence electrons. The maximum Gasteiger partial charge on any atom is 0.246 e. The number of amides is 1. The molecule has 0 aliphatic carbocycles. The Labute approximate surface area is 150 Å². The first-order valence-corrected chi connectivity index (χ1v) is 9.30. The van der Waals surface area contributed by atoms with Crippen LogP contribution in [0.25, 0.3) is 6.08 Å². The summed E-state index contributed by atoms with van der Waals surface area (Å²) in [5, 5.41) is 5.27. The molecule has 6 nitrogen and oxygen atoms in total. The largest absolute Gasteiger partial charge is 0.376 e. The number of carbonyl (C=O) groups excluding carboxylic acids is 1. The minimum atomic E-state index is 0.0597. The molecule has 0 saturated carbocycles. The van der Waals surface area contributed by atoms with Crippen molar-refractivity contribution in [2.45, 2.75) is 6.10 Å². The van der Waals surface area contributed by atoms with E-state index in [9.17, 15) is 4.79 Å². The van der Waals surface area contributed by atoms with Crippen molar-refractivity contribution in [3.63, 3.8) is 0 Å². The number of likely N-dealkylation sites (tertiary alicyclic amines) is 1. The van der Waals surface area contributed by atoms with Gasteiger partial charge in [-0.3, -0.25) is 4.79 Å². The predicted molar refractivity (Wildman–Crippen MR) is 97.2 cm³/mol. The second-order valence-electron chi connectivity index (χ2n) is 6.34. The van der Waals surface area contributed by atoms with Crippen LogP contribution in [0.4, 0.5) is 5.95 Å². The van der Waals surface area contributed by atoms with E-state index in [0.29, 0.717) is 24.3 Å². The molecule has 4 heterocycles. The molecule has 2 saturated heterocycles. The monoisotopic (exact) mass is 356 g/mol. The summed E-state index contributed by atoms with van der Waals surface area (Å²) in [7, 11) is 0. The van der Waals surface area contributed by atoms with Gasteiger partial charge in [-0.25, -0.2) is 9.97 Å². The molecule has 2 aliphatic rings. The Morgan fingerprint density at radius 1 is 1.36 bits per heavy atom. The molecule has 1 amide bonds. The van der Waals surface area contributed by atoms with Gasteiger partial charge in [-0.15, -0.1) is 11.3 Å². The van der Waals surface area contributed by atoms with Gasteiger partial charge in [0.05, 0.1) is 12.7 Å².